The molecule has 0 aliphatic carbocycles. The van der Waals surface area contributed by atoms with Crippen molar-refractivity contribution in [3.8, 4) is 5.75 Å². The van der Waals surface area contributed by atoms with E-state index in [0.717, 1.165) is 5.56 Å². The van der Waals surface area contributed by atoms with Crippen LogP contribution in [0.3, 0.4) is 0 Å². The summed E-state index contributed by atoms with van der Waals surface area (Å²) in [7, 11) is 1.56. The van der Waals surface area contributed by atoms with Gasteiger partial charge in [0, 0.05) is 0 Å². The van der Waals surface area contributed by atoms with Crippen LogP contribution in [0.25, 0.3) is 0 Å². The molecule has 0 atom stereocenters. The predicted octanol–water partition coefficient (Wildman–Crippen LogP) is 1.26. The fraction of sp³-hybridized carbons (Fsp3) is 0.250. The summed E-state index contributed by atoms with van der Waals surface area (Å²) in [6.07, 6.45) is -0.492. The molecule has 4 N–H and O–H groups in total. The summed E-state index contributed by atoms with van der Waals surface area (Å²) >= 11 is 5.84. The van der Waals surface area contributed by atoms with E-state index in [0.29, 0.717) is 10.8 Å². The maximum Gasteiger partial charge on any atom is 0.137 e. The fourth-order valence-electron chi connectivity index (χ4n) is 0.890. The quantitative estimate of drug-likeness (QED) is 0.684. The second-order valence-corrected chi connectivity index (χ2v) is 2.83. The molecule has 0 bridgehead atoms. The molecule has 0 unspecified atom stereocenters. The summed E-state index contributed by atoms with van der Waals surface area (Å²) in [5.74, 6) is 0.626. The highest BCUT2D eigenvalue weighted by molar-refractivity contribution is 6.32. The van der Waals surface area contributed by atoms with Gasteiger partial charge in [0.2, 0.25) is 0 Å². The number of nitrogens with two attached hydrogens (primary N) is 2. The van der Waals surface area contributed by atoms with Gasteiger partial charge in [-0.2, -0.15) is 0 Å². The Morgan fingerprint density at radius 2 is 2.08 bits per heavy atom. The second-order valence-electron chi connectivity index (χ2n) is 2.42. The van der Waals surface area contributed by atoms with E-state index in [4.69, 9.17) is 27.8 Å². The van der Waals surface area contributed by atoms with Crippen LogP contribution in [0, 0.1) is 0 Å². The van der Waals surface area contributed by atoms with Crippen LogP contribution in [0.15, 0.2) is 18.2 Å². The number of ether oxygens (including phenoxy) is 1. The SMILES string of the molecule is COc1ccc(C(N)N)cc1Cl. The van der Waals surface area contributed by atoms with Gasteiger partial charge in [-0.25, -0.2) is 0 Å². The van der Waals surface area contributed by atoms with Gasteiger partial charge < -0.3 is 16.2 Å². The summed E-state index contributed by atoms with van der Waals surface area (Å²) in [5, 5.41) is 0.524. The Kier molecular flexibility index (Phi) is 2.92. The molecule has 0 amide bonds. The van der Waals surface area contributed by atoms with Crippen LogP contribution in [0.2, 0.25) is 5.02 Å². The van der Waals surface area contributed by atoms with Crippen molar-refractivity contribution in [3.05, 3.63) is 28.8 Å². The molecule has 4 heteroatoms. The van der Waals surface area contributed by atoms with Crippen LogP contribution >= 0.6 is 11.6 Å². The smallest absolute Gasteiger partial charge is 0.137 e. The first-order valence-corrected chi connectivity index (χ1v) is 3.87. The van der Waals surface area contributed by atoms with Crippen molar-refractivity contribution in [2.75, 3.05) is 7.11 Å². The number of hydrogen-bond donors (Lipinski definition) is 2. The average Bonchev–Trinajstić information content (AvgIpc) is 2.04. The molecule has 1 aromatic carbocycles. The molecule has 0 saturated heterocycles. The lowest BCUT2D eigenvalue weighted by Crippen LogP contribution is -2.19. The number of hydrogen-bond acceptors (Lipinski definition) is 3. The molecule has 0 spiro atoms. The van der Waals surface area contributed by atoms with Crippen LogP contribution in [-0.4, -0.2) is 7.11 Å². The molecule has 0 aliphatic rings. The van der Waals surface area contributed by atoms with Gasteiger partial charge >= 0.3 is 0 Å². The first-order chi connectivity index (χ1) is 5.65. The van der Waals surface area contributed by atoms with Crippen molar-refractivity contribution >= 4 is 11.6 Å². The van der Waals surface area contributed by atoms with Gasteiger partial charge in [0.25, 0.3) is 0 Å². The van der Waals surface area contributed by atoms with Gasteiger partial charge in [0.05, 0.1) is 18.3 Å². The predicted molar refractivity (Wildman–Crippen MR) is 49.1 cm³/mol. The van der Waals surface area contributed by atoms with Crippen LogP contribution in [0.5, 0.6) is 5.75 Å². The van der Waals surface area contributed by atoms with E-state index in [1.54, 1.807) is 25.3 Å². The van der Waals surface area contributed by atoms with Crippen LogP contribution in [0.1, 0.15) is 11.7 Å². The van der Waals surface area contributed by atoms with Gasteiger partial charge in [-0.05, 0) is 17.7 Å². The summed E-state index contributed by atoms with van der Waals surface area (Å²) in [5.41, 5.74) is 11.7. The summed E-state index contributed by atoms with van der Waals surface area (Å²) in [4.78, 5) is 0. The molecule has 1 rings (SSSR count). The van der Waals surface area contributed by atoms with Crippen molar-refractivity contribution in [2.24, 2.45) is 11.5 Å². The molecule has 3 nitrogen and oxygen atoms in total. The van der Waals surface area contributed by atoms with Gasteiger partial charge in [-0.3, -0.25) is 0 Å². The Balaban J connectivity index is 3.02. The van der Waals surface area contributed by atoms with Crippen LogP contribution < -0.4 is 16.2 Å². The molecule has 0 aliphatic heterocycles. The topological polar surface area (TPSA) is 61.3 Å². The Hall–Kier alpha value is -0.770. The molecular formula is C8H11ClN2O. The maximum absolute atomic E-state index is 5.84. The molecule has 0 fully saturated rings. The van der Waals surface area contributed by atoms with E-state index in [9.17, 15) is 0 Å². The van der Waals surface area contributed by atoms with Gasteiger partial charge in [0.15, 0.2) is 0 Å². The van der Waals surface area contributed by atoms with Crippen molar-refractivity contribution in [3.63, 3.8) is 0 Å². The summed E-state index contributed by atoms with van der Waals surface area (Å²) in [6, 6.07) is 5.23. The minimum absolute atomic E-state index is 0.492. The molecule has 0 radical (unpaired) electrons. The van der Waals surface area contributed by atoms with E-state index in [-0.39, 0.29) is 0 Å². The number of methoxy groups -OCH3 is 1. The van der Waals surface area contributed by atoms with E-state index < -0.39 is 6.17 Å². The van der Waals surface area contributed by atoms with Gasteiger partial charge in [0.1, 0.15) is 5.75 Å². The summed E-state index contributed by atoms with van der Waals surface area (Å²) < 4.78 is 4.97. The normalized spacial score (nSPS) is 10.4. The summed E-state index contributed by atoms with van der Waals surface area (Å²) in [6.45, 7) is 0. The van der Waals surface area contributed by atoms with Crippen molar-refractivity contribution < 1.29 is 4.74 Å². The van der Waals surface area contributed by atoms with Gasteiger partial charge in [-0.1, -0.05) is 17.7 Å². The van der Waals surface area contributed by atoms with E-state index in [1.807, 2.05) is 0 Å². The third kappa shape index (κ3) is 1.88. The minimum atomic E-state index is -0.492. The monoisotopic (exact) mass is 186 g/mol. The number of halogens is 1. The zero-order valence-corrected chi connectivity index (χ0v) is 7.51. The Morgan fingerprint density at radius 1 is 1.42 bits per heavy atom. The largest absolute Gasteiger partial charge is 0.495 e. The van der Waals surface area contributed by atoms with Crippen LogP contribution in [-0.2, 0) is 0 Å². The zero-order valence-electron chi connectivity index (χ0n) is 6.75. The molecule has 1 aromatic rings. The number of rotatable bonds is 2. The molecule has 0 heterocycles. The second kappa shape index (κ2) is 3.76. The third-order valence-corrected chi connectivity index (χ3v) is 1.86. The molecule has 0 saturated carbocycles. The first kappa shape index (κ1) is 9.32. The Bertz CT molecular complexity index is 276. The lowest BCUT2D eigenvalue weighted by molar-refractivity contribution is 0.415. The Morgan fingerprint density at radius 3 is 2.50 bits per heavy atom. The molecule has 66 valence electrons. The zero-order chi connectivity index (χ0) is 9.14. The first-order valence-electron chi connectivity index (χ1n) is 3.49. The number of benzene rings is 1. The minimum Gasteiger partial charge on any atom is -0.495 e. The maximum atomic E-state index is 5.84. The van der Waals surface area contributed by atoms with E-state index in [1.165, 1.54) is 0 Å². The molecule has 0 aromatic heterocycles. The van der Waals surface area contributed by atoms with Crippen molar-refractivity contribution in [2.45, 2.75) is 6.17 Å². The average molecular weight is 187 g/mol. The van der Waals surface area contributed by atoms with Crippen LogP contribution in [0.4, 0.5) is 0 Å². The molecular weight excluding hydrogens is 176 g/mol. The highest BCUT2D eigenvalue weighted by Gasteiger charge is 2.04. The van der Waals surface area contributed by atoms with Crippen molar-refractivity contribution in [1.82, 2.24) is 0 Å². The lowest BCUT2D eigenvalue weighted by Gasteiger charge is -2.08. The standard InChI is InChI=1S/C8H11ClN2O/c1-12-7-3-2-5(8(10)11)4-6(7)9/h2-4,8H,10-11H2,1H3. The molecule has 12 heavy (non-hydrogen) atoms. The van der Waals surface area contributed by atoms with E-state index in [2.05, 4.69) is 0 Å². The lowest BCUT2D eigenvalue weighted by atomic mass is 10.2. The fourth-order valence-corrected chi connectivity index (χ4v) is 1.16. The van der Waals surface area contributed by atoms with E-state index >= 15 is 0 Å². The van der Waals surface area contributed by atoms with Crippen molar-refractivity contribution in [1.29, 1.82) is 0 Å². The van der Waals surface area contributed by atoms with Gasteiger partial charge in [-0.15, -0.1) is 0 Å². The highest BCUT2D eigenvalue weighted by atomic mass is 35.5. The third-order valence-electron chi connectivity index (χ3n) is 1.56. The highest BCUT2D eigenvalue weighted by Crippen LogP contribution is 2.25. The Labute approximate surface area is 76.3 Å².